The molecule has 0 aliphatic carbocycles. The number of unbranched alkanes of at least 4 members (excludes halogenated alkanes) is 46. The summed E-state index contributed by atoms with van der Waals surface area (Å²) in [5.74, 6) is -0.0279. The lowest BCUT2D eigenvalue weighted by molar-refractivity contribution is -0.123. The molecule has 4 nitrogen and oxygen atoms in total. The fourth-order valence-corrected chi connectivity index (χ4v) is 9.81. The highest BCUT2D eigenvalue weighted by atomic mass is 16.3. The van der Waals surface area contributed by atoms with Crippen molar-refractivity contribution < 1.29 is 15.0 Å². The molecule has 0 spiro atoms. The Morgan fingerprint density at radius 2 is 0.621 bits per heavy atom. The highest BCUT2D eigenvalue weighted by Crippen LogP contribution is 2.18. The third-order valence-electron chi connectivity index (χ3n) is 14.5. The van der Waals surface area contributed by atoms with Crippen LogP contribution in [-0.2, 0) is 4.79 Å². The van der Waals surface area contributed by atoms with Crippen LogP contribution in [0.2, 0.25) is 0 Å². The Bertz CT molecular complexity index is 963. The molecule has 0 aliphatic heterocycles. The summed E-state index contributed by atoms with van der Waals surface area (Å²) in [7, 11) is 0. The van der Waals surface area contributed by atoms with Crippen molar-refractivity contribution in [3.63, 3.8) is 0 Å². The van der Waals surface area contributed by atoms with E-state index in [1.165, 1.54) is 289 Å². The van der Waals surface area contributed by atoms with Crippen LogP contribution in [0, 0.1) is 0 Å². The molecule has 0 aromatic carbocycles. The van der Waals surface area contributed by atoms with Crippen molar-refractivity contribution in [2.75, 3.05) is 6.61 Å². The molecule has 3 N–H and O–H groups in total. The maximum atomic E-state index is 12.5. The quantitative estimate of drug-likeness (QED) is 0.0420. The minimum atomic E-state index is -0.661. The third kappa shape index (κ3) is 53.8. The summed E-state index contributed by atoms with van der Waals surface area (Å²) in [5, 5.41) is 23.4. The summed E-state index contributed by atoms with van der Waals surface area (Å²) in [6.07, 6.45) is 77.6. The van der Waals surface area contributed by atoms with Gasteiger partial charge >= 0.3 is 0 Å². The lowest BCUT2D eigenvalue weighted by atomic mass is 10.0. The summed E-state index contributed by atoms with van der Waals surface area (Å²) in [4.78, 5) is 12.5. The van der Waals surface area contributed by atoms with Gasteiger partial charge in [0.25, 0.3) is 0 Å². The fourth-order valence-electron chi connectivity index (χ4n) is 9.81. The molecule has 2 unspecified atom stereocenters. The van der Waals surface area contributed by atoms with Crippen LogP contribution in [0.25, 0.3) is 0 Å². The second-order valence-corrected chi connectivity index (χ2v) is 21.1. The third-order valence-corrected chi connectivity index (χ3v) is 14.5. The number of nitrogens with one attached hydrogen (secondary N) is 1. The van der Waals surface area contributed by atoms with E-state index < -0.39 is 12.1 Å². The van der Waals surface area contributed by atoms with E-state index in [2.05, 4.69) is 43.5 Å². The fraction of sp³-hybridized carbons (Fsp3) is 0.919. The Kier molecular flexibility index (Phi) is 57.2. The number of hydrogen-bond donors (Lipinski definition) is 3. The van der Waals surface area contributed by atoms with Gasteiger partial charge in [-0.15, -0.1) is 0 Å². The number of hydrogen-bond acceptors (Lipinski definition) is 3. The zero-order chi connectivity index (χ0) is 47.7. The molecular weight excluding hydrogens is 807 g/mol. The van der Waals surface area contributed by atoms with Gasteiger partial charge < -0.3 is 15.5 Å². The molecule has 1 amide bonds. The number of rotatable bonds is 57. The molecule has 66 heavy (non-hydrogen) atoms. The zero-order valence-corrected chi connectivity index (χ0v) is 45.2. The number of aliphatic hydroxyl groups is 2. The van der Waals surface area contributed by atoms with E-state index in [1.807, 2.05) is 0 Å². The lowest BCUT2D eigenvalue weighted by Crippen LogP contribution is -2.45. The van der Waals surface area contributed by atoms with Gasteiger partial charge in [0.2, 0.25) is 5.91 Å². The maximum Gasteiger partial charge on any atom is 0.220 e. The SMILES string of the molecule is CCCCCCC/C=C\C/C=C\CCCCCCCCCCCCCC(=O)NC(CO)C(O)CCCCCCCCCCCCCCCCCCCCCCCCCCCCCCCCC. The largest absolute Gasteiger partial charge is 0.394 e. The number of amides is 1. The number of allylic oxidation sites excluding steroid dienone is 4. The van der Waals surface area contributed by atoms with E-state index in [1.54, 1.807) is 0 Å². The summed E-state index contributed by atoms with van der Waals surface area (Å²) in [6.45, 7) is 4.39. The molecule has 0 saturated heterocycles. The predicted molar refractivity (Wildman–Crippen MR) is 295 cm³/mol. The number of aliphatic hydroxyl groups excluding tert-OH is 2. The molecule has 0 heterocycles. The monoisotopic (exact) mass is 928 g/mol. The van der Waals surface area contributed by atoms with E-state index in [-0.39, 0.29) is 12.5 Å². The number of carbonyl (C=O) groups is 1. The van der Waals surface area contributed by atoms with Crippen molar-refractivity contribution in [1.29, 1.82) is 0 Å². The Morgan fingerprint density at radius 3 is 0.909 bits per heavy atom. The van der Waals surface area contributed by atoms with Crippen LogP contribution in [0.4, 0.5) is 0 Å². The summed E-state index contributed by atoms with van der Waals surface area (Å²) in [6, 6.07) is -0.538. The summed E-state index contributed by atoms with van der Waals surface area (Å²) in [5.41, 5.74) is 0. The van der Waals surface area contributed by atoms with Crippen LogP contribution in [0.1, 0.15) is 348 Å². The first kappa shape index (κ1) is 64.9. The molecule has 0 aliphatic rings. The smallest absolute Gasteiger partial charge is 0.220 e. The van der Waals surface area contributed by atoms with Crippen molar-refractivity contribution in [3.05, 3.63) is 24.3 Å². The van der Waals surface area contributed by atoms with Gasteiger partial charge in [-0.05, 0) is 44.9 Å². The van der Waals surface area contributed by atoms with Crippen molar-refractivity contribution in [1.82, 2.24) is 5.32 Å². The van der Waals surface area contributed by atoms with Gasteiger partial charge in [0.1, 0.15) is 0 Å². The molecule has 0 aromatic heterocycles. The normalized spacial score (nSPS) is 12.8. The molecule has 0 saturated carbocycles. The van der Waals surface area contributed by atoms with Crippen LogP contribution in [0.3, 0.4) is 0 Å². The average Bonchev–Trinajstić information content (AvgIpc) is 3.32. The summed E-state index contributed by atoms with van der Waals surface area (Å²) < 4.78 is 0. The van der Waals surface area contributed by atoms with E-state index >= 15 is 0 Å². The molecule has 0 radical (unpaired) electrons. The second kappa shape index (κ2) is 58.2. The zero-order valence-electron chi connectivity index (χ0n) is 45.2. The molecule has 0 fully saturated rings. The van der Waals surface area contributed by atoms with Gasteiger partial charge in [-0.3, -0.25) is 4.79 Å². The highest BCUT2D eigenvalue weighted by Gasteiger charge is 2.20. The molecule has 0 rings (SSSR count). The Morgan fingerprint density at radius 1 is 0.364 bits per heavy atom. The van der Waals surface area contributed by atoms with E-state index in [9.17, 15) is 15.0 Å². The standard InChI is InChI=1S/C62H121NO3/c1-3-5-7-9-11-13-15-17-19-21-23-25-27-28-29-30-31-32-33-34-36-37-39-41-43-45-47-49-51-53-55-57-61(65)60(59-64)63-62(66)58-56-54-52-50-48-46-44-42-40-38-35-26-24-22-20-18-16-14-12-10-8-6-4-2/h16,18,22,24,60-61,64-65H,3-15,17,19-21,23,25-59H2,1-2H3,(H,63,66)/b18-16-,24-22-. The van der Waals surface area contributed by atoms with Crippen LogP contribution < -0.4 is 5.32 Å². The van der Waals surface area contributed by atoms with E-state index in [0.717, 1.165) is 32.1 Å². The van der Waals surface area contributed by atoms with Gasteiger partial charge in [0.05, 0.1) is 18.8 Å². The molecule has 0 bridgehead atoms. The second-order valence-electron chi connectivity index (χ2n) is 21.1. The van der Waals surface area contributed by atoms with E-state index in [0.29, 0.717) is 12.8 Å². The molecule has 392 valence electrons. The molecule has 0 aromatic rings. The van der Waals surface area contributed by atoms with Gasteiger partial charge in [-0.1, -0.05) is 321 Å². The minimum absolute atomic E-state index is 0.0279. The van der Waals surface area contributed by atoms with Crippen molar-refractivity contribution in [2.45, 2.75) is 360 Å². The average molecular weight is 929 g/mol. The first-order chi connectivity index (χ1) is 32.7. The van der Waals surface area contributed by atoms with Gasteiger partial charge in [0.15, 0.2) is 0 Å². The first-order valence-electron chi connectivity index (χ1n) is 30.5. The van der Waals surface area contributed by atoms with Crippen LogP contribution >= 0.6 is 0 Å². The summed E-state index contributed by atoms with van der Waals surface area (Å²) >= 11 is 0. The Balaban J connectivity index is 3.41. The predicted octanol–water partition coefficient (Wildman–Crippen LogP) is 20.3. The van der Waals surface area contributed by atoms with Gasteiger partial charge in [-0.2, -0.15) is 0 Å². The molecule has 4 heteroatoms. The van der Waals surface area contributed by atoms with Gasteiger partial charge in [0, 0.05) is 6.42 Å². The van der Waals surface area contributed by atoms with Gasteiger partial charge in [-0.25, -0.2) is 0 Å². The van der Waals surface area contributed by atoms with Crippen LogP contribution in [0.5, 0.6) is 0 Å². The van der Waals surface area contributed by atoms with Crippen LogP contribution in [-0.4, -0.2) is 34.9 Å². The minimum Gasteiger partial charge on any atom is -0.394 e. The Hall–Kier alpha value is -1.13. The molecule has 2 atom stereocenters. The van der Waals surface area contributed by atoms with E-state index in [4.69, 9.17) is 0 Å². The maximum absolute atomic E-state index is 12.5. The Labute approximate surface area is 415 Å². The highest BCUT2D eigenvalue weighted by molar-refractivity contribution is 5.76. The van der Waals surface area contributed by atoms with Crippen molar-refractivity contribution in [3.8, 4) is 0 Å². The van der Waals surface area contributed by atoms with Crippen molar-refractivity contribution >= 4 is 5.91 Å². The first-order valence-corrected chi connectivity index (χ1v) is 30.5. The number of carbonyl (C=O) groups excluding carboxylic acids is 1. The lowest BCUT2D eigenvalue weighted by Gasteiger charge is -2.22. The van der Waals surface area contributed by atoms with Crippen molar-refractivity contribution in [2.24, 2.45) is 0 Å². The topological polar surface area (TPSA) is 69.6 Å². The van der Waals surface area contributed by atoms with Crippen LogP contribution in [0.15, 0.2) is 24.3 Å². The molecular formula is C62H121NO3.